The smallest absolute Gasteiger partial charge is 0.397 e. The number of carboxylic acid groups (broad SMARTS) is 2. The molecule has 2 bridgehead atoms. The topological polar surface area (TPSA) is 650 Å². The largest absolute Gasteiger partial charge is 0.479 e. The summed E-state index contributed by atoms with van der Waals surface area (Å²) < 4.78 is 326. The lowest BCUT2D eigenvalue weighted by molar-refractivity contribution is -0.429. The van der Waals surface area contributed by atoms with Crippen LogP contribution in [0.2, 0.25) is 0 Å². The zero-order chi connectivity index (χ0) is 69.9. The monoisotopic (exact) mass is 1490 g/mol. The van der Waals surface area contributed by atoms with Crippen molar-refractivity contribution in [2.24, 2.45) is 5.73 Å². The van der Waals surface area contributed by atoms with Crippen LogP contribution in [0.5, 0.6) is 0 Å². The summed E-state index contributed by atoms with van der Waals surface area (Å²) in [4.78, 5) is 27.4. The maximum absolute atomic E-state index is 13.7. The van der Waals surface area contributed by atoms with Gasteiger partial charge in [-0.25, -0.2) is 34.7 Å². The molecule has 7 aliphatic rings. The summed E-state index contributed by atoms with van der Waals surface area (Å²) in [6, 6.07) is -1.74. The molecule has 0 aromatic heterocycles. The minimum atomic E-state index is -6.16. The van der Waals surface area contributed by atoms with Crippen LogP contribution in [0.4, 0.5) is 0 Å². The molecule has 7 fully saturated rings. The third-order valence-corrected chi connectivity index (χ3v) is 17.5. The Kier molecular flexibility index (Phi) is 26.8. The molecule has 0 saturated carbocycles. The molecule has 0 aromatic carbocycles. The van der Waals surface area contributed by atoms with Gasteiger partial charge in [0, 0.05) is 42.2 Å². The van der Waals surface area contributed by atoms with E-state index in [1.807, 2.05) is 0 Å². The van der Waals surface area contributed by atoms with E-state index in [2.05, 4.69) is 12.5 Å². The van der Waals surface area contributed by atoms with E-state index >= 15 is 0 Å². The lowest BCUT2D eigenvalue weighted by atomic mass is 9.83. The molecule has 52 heteroatoms. The molecule has 7 aliphatic heterocycles. The van der Waals surface area contributed by atoms with Crippen LogP contribution in [0, 0.1) is 0 Å². The molecule has 1 unspecified atom stereocenters. The van der Waals surface area contributed by atoms with Crippen molar-refractivity contribution in [2.45, 2.75) is 179 Å². The quantitative estimate of drug-likeness (QED) is 0.0268. The molecule has 7 rings (SSSR count). The molecule has 93 heavy (non-hydrogen) atoms. The van der Waals surface area contributed by atoms with Crippen molar-refractivity contribution in [1.29, 1.82) is 0 Å². The number of hydrogen-bond donors (Lipinski definition) is 10. The molecule has 0 amide bonds. The first-order chi connectivity index (χ1) is 42.9. The highest BCUT2D eigenvalue weighted by molar-refractivity contribution is 7.82. The van der Waals surface area contributed by atoms with Crippen LogP contribution in [-0.4, -0.2) is 326 Å². The summed E-state index contributed by atoms with van der Waals surface area (Å²) in [5.74, 6) is -4.15. The first-order valence-corrected chi connectivity index (χ1v) is 34.7. The lowest BCUT2D eigenvalue weighted by Crippen LogP contribution is -2.78. The minimum Gasteiger partial charge on any atom is -0.479 e. The first-order valence-electron chi connectivity index (χ1n) is 26.5. The average Bonchev–Trinajstić information content (AvgIpc) is 0.725. The molecule has 0 aromatic rings. The van der Waals surface area contributed by atoms with E-state index < -0.39 is 260 Å². The molecule has 7 heterocycles. The highest BCUT2D eigenvalue weighted by Gasteiger charge is 2.70. The predicted molar refractivity (Wildman–Crippen MR) is 282 cm³/mol. The predicted octanol–water partition coefficient (Wildman–Crippen LogP) is -6.92. The van der Waals surface area contributed by atoms with Crippen molar-refractivity contribution >= 4 is 74.3 Å². The fraction of sp³-hybridized carbons (Fsp3) is 0.951. The second-order valence-corrected chi connectivity index (χ2v) is 26.9. The average molecular weight is 1490 g/mol. The molecule has 0 radical (unpaired) electrons. The highest BCUT2D eigenvalue weighted by atomic mass is 32.3. The van der Waals surface area contributed by atoms with Gasteiger partial charge in [0.2, 0.25) is 5.60 Å². The van der Waals surface area contributed by atoms with Gasteiger partial charge in [-0.2, -0.15) is 50.5 Å². The number of methoxy groups -OCH3 is 5. The fourth-order valence-corrected chi connectivity index (χ4v) is 13.3. The normalized spacial score (nSPS) is 39.8. The number of nitrogens with two attached hydrogens (primary N) is 1. The number of fused-ring (bicyclic) bond motifs is 3. The Bertz CT molecular complexity index is 3240. The summed E-state index contributed by atoms with van der Waals surface area (Å²) in [5.41, 5.74) is 0.215. The van der Waals surface area contributed by atoms with E-state index in [9.17, 15) is 103 Å². The molecule has 11 N–H and O–H groups in total. The molecule has 46 nitrogen and oxygen atoms in total. The molecule has 25 atom stereocenters. The Morgan fingerprint density at radius 2 is 0.914 bits per heavy atom. The van der Waals surface area contributed by atoms with E-state index in [1.165, 1.54) is 0 Å². The Hall–Kier alpha value is -2.56. The van der Waals surface area contributed by atoms with Gasteiger partial charge in [0.25, 0.3) is 0 Å². The first kappa shape index (κ1) is 79.4. The SMILES string of the molecule is CCCO[C@H]1[C@H](O)[C@@H](N)[C@H](O[C@H]2[C@H](OC)[C@@H](OC)[C@@H](O[C@H]3[C@H](OS(=O)(=O)O)[C@@H](OS(=O)(=O)O)[C@@H](O[C@H]4[C@H](OC)[C@H]5OC[C@]4(C(=O)O)OC5O[C@H]4[C@H](OC)[C@@H](OS(=O)(=O)O)[C@@H](OC)O[C@@H]4COS(=O)(=O)O)O[C@@H]3COS(=O)(=O)O)O[C@]2(CC)C(=O)O)O[C@@H]1COS(=O)(=O)O. The van der Waals surface area contributed by atoms with Gasteiger partial charge in [0.05, 0.1) is 32.5 Å². The van der Waals surface area contributed by atoms with Crippen LogP contribution < -0.4 is 5.73 Å². The van der Waals surface area contributed by atoms with Crippen LogP contribution in [0.25, 0.3) is 0 Å². The number of aliphatic carboxylic acids is 2. The number of carbonyl (C=O) groups is 2. The van der Waals surface area contributed by atoms with E-state index in [-0.39, 0.29) is 6.61 Å². The van der Waals surface area contributed by atoms with Crippen LogP contribution in [0.3, 0.4) is 0 Å². The summed E-state index contributed by atoms with van der Waals surface area (Å²) in [7, 11) is -29.6. The van der Waals surface area contributed by atoms with Crippen LogP contribution >= 0.6 is 0 Å². The van der Waals surface area contributed by atoms with Gasteiger partial charge < -0.3 is 96.8 Å². The van der Waals surface area contributed by atoms with Crippen molar-refractivity contribution in [3.8, 4) is 0 Å². The minimum absolute atomic E-state index is 0.0893. The summed E-state index contributed by atoms with van der Waals surface area (Å²) in [5, 5.41) is 33.5. The zero-order valence-corrected chi connectivity index (χ0v) is 53.9. The Labute approximate surface area is 529 Å². The third-order valence-electron chi connectivity index (χ3n) is 14.8. The zero-order valence-electron chi connectivity index (χ0n) is 49.0. The van der Waals surface area contributed by atoms with Gasteiger partial charge in [-0.05, 0) is 12.8 Å². The molecule has 0 spiro atoms. The number of ether oxygens (including phenoxy) is 16. The van der Waals surface area contributed by atoms with Crippen molar-refractivity contribution in [1.82, 2.24) is 0 Å². The van der Waals surface area contributed by atoms with Gasteiger partial charge in [0.15, 0.2) is 49.3 Å². The van der Waals surface area contributed by atoms with E-state index in [0.29, 0.717) is 6.42 Å². The Morgan fingerprint density at radius 1 is 0.473 bits per heavy atom. The van der Waals surface area contributed by atoms with Gasteiger partial charge >= 0.3 is 74.3 Å². The summed E-state index contributed by atoms with van der Waals surface area (Å²) >= 11 is 0. The van der Waals surface area contributed by atoms with Crippen LogP contribution in [0.15, 0.2) is 0 Å². The Balaban J connectivity index is 1.43. The molecule has 0 aliphatic carbocycles. The molecular weight excluding hydrogens is 1420 g/mol. The number of aliphatic hydroxyl groups is 1. The lowest BCUT2D eigenvalue weighted by Gasteiger charge is -2.57. The van der Waals surface area contributed by atoms with Gasteiger partial charge in [-0.15, -0.1) is 0 Å². The number of aliphatic hydroxyl groups excluding tert-OH is 1. The number of rotatable bonds is 34. The molecule has 7 saturated heterocycles. The number of carboxylic acids is 2. The van der Waals surface area contributed by atoms with Crippen LogP contribution in [-0.2, 0) is 173 Å². The van der Waals surface area contributed by atoms with Crippen molar-refractivity contribution in [3.63, 3.8) is 0 Å². The number of hydrogen-bond acceptors (Lipinski definition) is 38. The molecule has 544 valence electrons. The maximum atomic E-state index is 13.7. The van der Waals surface area contributed by atoms with Crippen LogP contribution in [0.1, 0.15) is 26.7 Å². The second kappa shape index (κ2) is 31.3. The van der Waals surface area contributed by atoms with Crippen molar-refractivity contribution in [3.05, 3.63) is 0 Å². The standard InChI is InChI=1S/C41H69NO45S6/c1-8-10-71-20-15(11-73-88(48,49)50)76-33(18(42)19(20)43)81-31-25(67-4)27(69-6)36(83-40(31,9-2)38(44)45)80-22-17(13-75-90(54,55)56)78-35(30(87-93(63,64)65)24(22)85-91(57,58)59)82-32-26(68-5)28-37(84-41(32,14-72-28)39(46)47)79-21-16(12-74-89(51,52)53)77-34(70-7)29(23(21)66-3)86-92(60,61)62/h15-37,43H,8-14,42H2,1-7H3,(H,44,45)(H,46,47)(H,48,49,50)(H,51,52,53)(H,54,55,56)(H,57,58,59)(H,60,61,62)(H,63,64,65)/t15-,16-,17-,18-,19-,20-,21-,22-,23+,24+,25-,26-,27-,28-,29-,30-,31+,32+,33+,34+,35-,36+,37?,40+,41+/m1/s1. The highest BCUT2D eigenvalue weighted by Crippen LogP contribution is 2.47. The Morgan fingerprint density at radius 3 is 1.35 bits per heavy atom. The summed E-state index contributed by atoms with van der Waals surface area (Å²) in [6.07, 6.45) is -49.3. The van der Waals surface area contributed by atoms with E-state index in [0.717, 1.165) is 42.5 Å². The van der Waals surface area contributed by atoms with Gasteiger partial charge in [-0.1, -0.05) is 13.8 Å². The molecular formula is C41H69NO45S6. The second-order valence-electron chi connectivity index (χ2n) is 20.5. The van der Waals surface area contributed by atoms with Crippen molar-refractivity contribution in [2.75, 3.05) is 68.6 Å². The third kappa shape index (κ3) is 19.5. The maximum Gasteiger partial charge on any atom is 0.397 e. The van der Waals surface area contributed by atoms with E-state index in [1.54, 1.807) is 6.92 Å². The summed E-state index contributed by atoms with van der Waals surface area (Å²) in [6.45, 7) is -2.53. The van der Waals surface area contributed by atoms with E-state index in [4.69, 9.17) is 94.1 Å². The fourth-order valence-electron chi connectivity index (χ4n) is 10.9. The van der Waals surface area contributed by atoms with Gasteiger partial charge in [-0.3, -0.25) is 27.3 Å². The van der Waals surface area contributed by atoms with Crippen molar-refractivity contribution < 1.29 is 204 Å². The van der Waals surface area contributed by atoms with Gasteiger partial charge in [0.1, 0.15) is 91.6 Å².